The molecule has 6 heteroatoms. The number of hydrogen-bond donors (Lipinski definition) is 2. The van der Waals surface area contributed by atoms with Gasteiger partial charge in [0.15, 0.2) is 0 Å². The van der Waals surface area contributed by atoms with E-state index in [0.717, 1.165) is 0 Å². The summed E-state index contributed by atoms with van der Waals surface area (Å²) in [6.07, 6.45) is 1.42. The first-order chi connectivity index (χ1) is 6.60. The summed E-state index contributed by atoms with van der Waals surface area (Å²) in [6.45, 7) is 3.20. The first-order valence-electron chi connectivity index (χ1n) is 3.90. The van der Waals surface area contributed by atoms with Crippen LogP contribution in [0.25, 0.3) is 0 Å². The fraction of sp³-hybridized carbons (Fsp3) is 0.250. The molecule has 14 heavy (non-hydrogen) atoms. The van der Waals surface area contributed by atoms with Gasteiger partial charge in [0.2, 0.25) is 5.09 Å². The molecule has 78 valence electrons. The Morgan fingerprint density at radius 2 is 2.29 bits per heavy atom. The summed E-state index contributed by atoms with van der Waals surface area (Å²) in [5.41, 5.74) is 0. The molecule has 1 aromatic rings. The lowest BCUT2D eigenvalue weighted by molar-refractivity contribution is 0.236. The fourth-order valence-electron chi connectivity index (χ4n) is 0.827. The zero-order chi connectivity index (χ0) is 10.6. The van der Waals surface area contributed by atoms with Gasteiger partial charge in [-0.1, -0.05) is 6.08 Å². The van der Waals surface area contributed by atoms with E-state index >= 15 is 0 Å². The van der Waals surface area contributed by atoms with Crippen LogP contribution in [0.1, 0.15) is 5.76 Å². The van der Waals surface area contributed by atoms with Crippen LogP contribution in [0.3, 0.4) is 0 Å². The summed E-state index contributed by atoms with van der Waals surface area (Å²) in [4.78, 5) is 0. The third kappa shape index (κ3) is 2.44. The van der Waals surface area contributed by atoms with E-state index in [2.05, 4.69) is 11.3 Å². The third-order valence-corrected chi connectivity index (χ3v) is 2.77. The second-order valence-electron chi connectivity index (χ2n) is 2.52. The summed E-state index contributed by atoms with van der Waals surface area (Å²) in [5.74, 6) is 0.212. The highest BCUT2D eigenvalue weighted by atomic mass is 32.2. The van der Waals surface area contributed by atoms with Gasteiger partial charge in [-0.05, 0) is 12.1 Å². The van der Waals surface area contributed by atoms with Crippen molar-refractivity contribution in [3.05, 3.63) is 30.5 Å². The number of rotatable bonds is 5. The number of sulfonamides is 1. The van der Waals surface area contributed by atoms with Crippen LogP contribution in [0.4, 0.5) is 0 Å². The average Bonchev–Trinajstić information content (AvgIpc) is 2.63. The molecule has 0 aliphatic rings. The van der Waals surface area contributed by atoms with E-state index in [1.165, 1.54) is 18.2 Å². The molecule has 2 N–H and O–H groups in total. The summed E-state index contributed by atoms with van der Waals surface area (Å²) >= 11 is 0. The second kappa shape index (κ2) is 4.41. The largest absolute Gasteiger partial charge is 0.446 e. The molecule has 5 nitrogen and oxygen atoms in total. The zero-order valence-electron chi connectivity index (χ0n) is 7.43. The van der Waals surface area contributed by atoms with E-state index in [9.17, 15) is 8.42 Å². The quantitative estimate of drug-likeness (QED) is 0.692. The number of hydrogen-bond acceptors (Lipinski definition) is 4. The molecule has 0 amide bonds. The van der Waals surface area contributed by atoms with Crippen molar-refractivity contribution in [2.75, 3.05) is 6.54 Å². The molecule has 0 aliphatic heterocycles. The molecule has 1 rings (SSSR count). The standard InChI is InChI=1S/C8H11NO4S/c1-2-5-9-14(11,12)8-4-3-7(6-10)13-8/h2-4,9-10H,1,5-6H2. The lowest BCUT2D eigenvalue weighted by atomic mass is 10.5. The summed E-state index contributed by atoms with van der Waals surface area (Å²) in [7, 11) is -3.61. The monoisotopic (exact) mass is 217 g/mol. The first kappa shape index (κ1) is 11.0. The molecule has 1 heterocycles. The maximum Gasteiger partial charge on any atom is 0.274 e. The van der Waals surface area contributed by atoms with Gasteiger partial charge in [-0.25, -0.2) is 13.1 Å². The highest BCUT2D eigenvalue weighted by molar-refractivity contribution is 7.89. The maximum atomic E-state index is 11.4. The van der Waals surface area contributed by atoms with Crippen molar-refractivity contribution in [1.29, 1.82) is 0 Å². The molecule has 0 bridgehead atoms. The van der Waals surface area contributed by atoms with E-state index in [1.54, 1.807) is 0 Å². The third-order valence-electron chi connectivity index (χ3n) is 1.48. The minimum absolute atomic E-state index is 0.136. The number of furan rings is 1. The van der Waals surface area contributed by atoms with E-state index in [4.69, 9.17) is 9.52 Å². The Bertz CT molecular complexity index is 407. The number of aliphatic hydroxyl groups excluding tert-OH is 1. The van der Waals surface area contributed by atoms with Crippen LogP contribution in [-0.2, 0) is 16.6 Å². The summed E-state index contributed by atoms with van der Waals surface area (Å²) in [6, 6.07) is 2.69. The lowest BCUT2D eigenvalue weighted by Crippen LogP contribution is -2.23. The van der Waals surface area contributed by atoms with E-state index in [1.807, 2.05) is 0 Å². The van der Waals surface area contributed by atoms with Crippen molar-refractivity contribution in [2.24, 2.45) is 0 Å². The Balaban J connectivity index is 2.86. The van der Waals surface area contributed by atoms with Crippen LogP contribution >= 0.6 is 0 Å². The van der Waals surface area contributed by atoms with Gasteiger partial charge >= 0.3 is 0 Å². The summed E-state index contributed by atoms with van der Waals surface area (Å²) < 4.78 is 29.9. The van der Waals surface area contributed by atoms with Crippen LogP contribution in [-0.4, -0.2) is 20.1 Å². The van der Waals surface area contributed by atoms with Crippen LogP contribution in [0.2, 0.25) is 0 Å². The molecule has 0 spiro atoms. The molecule has 0 radical (unpaired) electrons. The predicted octanol–water partition coefficient (Wildman–Crippen LogP) is 0.236. The molecule has 1 aromatic heterocycles. The van der Waals surface area contributed by atoms with Crippen LogP contribution in [0.5, 0.6) is 0 Å². The van der Waals surface area contributed by atoms with Crippen molar-refractivity contribution < 1.29 is 17.9 Å². The molecular formula is C8H11NO4S. The van der Waals surface area contributed by atoms with Crippen molar-refractivity contribution >= 4 is 10.0 Å². The normalized spacial score (nSPS) is 11.5. The second-order valence-corrected chi connectivity index (χ2v) is 4.22. The van der Waals surface area contributed by atoms with Gasteiger partial charge in [0, 0.05) is 6.54 Å². The van der Waals surface area contributed by atoms with Crippen molar-refractivity contribution in [3.8, 4) is 0 Å². The molecule has 0 saturated heterocycles. The van der Waals surface area contributed by atoms with Gasteiger partial charge in [0.1, 0.15) is 12.4 Å². The molecule has 0 fully saturated rings. The highest BCUT2D eigenvalue weighted by Gasteiger charge is 2.17. The topological polar surface area (TPSA) is 79.5 Å². The average molecular weight is 217 g/mol. The van der Waals surface area contributed by atoms with Crippen LogP contribution in [0.15, 0.2) is 34.3 Å². The SMILES string of the molecule is C=CCNS(=O)(=O)c1ccc(CO)o1. The molecule has 0 saturated carbocycles. The fourth-order valence-corrected chi connectivity index (χ4v) is 1.77. The van der Waals surface area contributed by atoms with E-state index in [-0.39, 0.29) is 24.0 Å². The summed E-state index contributed by atoms with van der Waals surface area (Å²) in [5, 5.41) is 8.46. The Morgan fingerprint density at radius 3 is 2.79 bits per heavy atom. The first-order valence-corrected chi connectivity index (χ1v) is 5.38. The number of nitrogens with one attached hydrogen (secondary N) is 1. The van der Waals surface area contributed by atoms with Crippen molar-refractivity contribution in [3.63, 3.8) is 0 Å². The van der Waals surface area contributed by atoms with Gasteiger partial charge < -0.3 is 9.52 Å². The van der Waals surface area contributed by atoms with Gasteiger partial charge in [0.25, 0.3) is 10.0 Å². The lowest BCUT2D eigenvalue weighted by Gasteiger charge is -1.99. The molecule has 0 aromatic carbocycles. The van der Waals surface area contributed by atoms with Gasteiger partial charge in [0.05, 0.1) is 0 Å². The minimum atomic E-state index is -3.61. The Kier molecular flexibility index (Phi) is 3.45. The van der Waals surface area contributed by atoms with Crippen LogP contribution < -0.4 is 4.72 Å². The van der Waals surface area contributed by atoms with E-state index < -0.39 is 10.0 Å². The predicted molar refractivity (Wildman–Crippen MR) is 50.0 cm³/mol. The Morgan fingerprint density at radius 1 is 1.57 bits per heavy atom. The molecule has 0 aliphatic carbocycles. The Labute approximate surface area is 82.1 Å². The molecule has 0 unspecified atom stereocenters. The van der Waals surface area contributed by atoms with E-state index in [0.29, 0.717) is 0 Å². The molecular weight excluding hydrogens is 206 g/mol. The Hall–Kier alpha value is -1.11. The zero-order valence-corrected chi connectivity index (χ0v) is 8.25. The highest BCUT2D eigenvalue weighted by Crippen LogP contribution is 2.13. The van der Waals surface area contributed by atoms with Crippen molar-refractivity contribution in [1.82, 2.24) is 4.72 Å². The van der Waals surface area contributed by atoms with Gasteiger partial charge in [-0.3, -0.25) is 0 Å². The minimum Gasteiger partial charge on any atom is -0.446 e. The van der Waals surface area contributed by atoms with Gasteiger partial charge in [-0.15, -0.1) is 6.58 Å². The van der Waals surface area contributed by atoms with Crippen molar-refractivity contribution in [2.45, 2.75) is 11.7 Å². The number of aliphatic hydroxyl groups is 1. The maximum absolute atomic E-state index is 11.4. The molecule has 0 atom stereocenters. The van der Waals surface area contributed by atoms with Gasteiger partial charge in [-0.2, -0.15) is 0 Å². The van der Waals surface area contributed by atoms with Crippen LogP contribution in [0, 0.1) is 0 Å². The smallest absolute Gasteiger partial charge is 0.274 e.